The van der Waals surface area contributed by atoms with Crippen LogP contribution in [0.2, 0.25) is 0 Å². The Hall–Kier alpha value is -3.46. The molecule has 0 unspecified atom stereocenters. The molecule has 0 N–H and O–H groups in total. The fraction of sp³-hybridized carbons (Fsp3) is 0.136. The zero-order chi connectivity index (χ0) is 22.0. The number of fused-ring (bicyclic) bond motifs is 1. The van der Waals surface area contributed by atoms with Gasteiger partial charge in [-0.2, -0.15) is 0 Å². The molecule has 4 aromatic rings. The van der Waals surface area contributed by atoms with Crippen molar-refractivity contribution in [3.8, 4) is 17.4 Å². The molecule has 4 rings (SSSR count). The number of nitrogens with zero attached hydrogens (tertiary/aromatic N) is 3. The molecule has 0 saturated carbocycles. The summed E-state index contributed by atoms with van der Waals surface area (Å²) in [7, 11) is 3.20. The Labute approximate surface area is 185 Å². The molecule has 0 aliphatic heterocycles. The van der Waals surface area contributed by atoms with Crippen LogP contribution < -0.4 is 9.47 Å². The lowest BCUT2D eigenvalue weighted by atomic mass is 10.2. The summed E-state index contributed by atoms with van der Waals surface area (Å²) in [6.45, 7) is 0.205. The number of aromatic nitrogens is 3. The van der Waals surface area contributed by atoms with E-state index in [1.54, 1.807) is 30.3 Å². The van der Waals surface area contributed by atoms with E-state index < -0.39 is 11.8 Å². The third-order valence-corrected chi connectivity index (χ3v) is 5.12. The van der Waals surface area contributed by atoms with E-state index in [0.29, 0.717) is 27.4 Å². The first-order valence-electron chi connectivity index (χ1n) is 9.20. The van der Waals surface area contributed by atoms with Crippen LogP contribution in [0.25, 0.3) is 11.0 Å². The number of halogens is 2. The molecule has 158 valence electrons. The van der Waals surface area contributed by atoms with Gasteiger partial charge in [0.15, 0.2) is 0 Å². The van der Waals surface area contributed by atoms with Crippen molar-refractivity contribution >= 4 is 32.9 Å². The number of carbonyl (C=O) groups is 1. The third-order valence-electron chi connectivity index (χ3n) is 4.56. The number of ether oxygens (including phenoxy) is 3. The topological polar surface area (TPSA) is 75.5 Å². The zero-order valence-corrected chi connectivity index (χ0v) is 18.2. The predicted octanol–water partition coefficient (Wildman–Crippen LogP) is 5.03. The first-order chi connectivity index (χ1) is 14.9. The number of methoxy groups -OCH3 is 1. The first-order valence-corrected chi connectivity index (χ1v) is 9.99. The van der Waals surface area contributed by atoms with Gasteiger partial charge in [0.2, 0.25) is 5.88 Å². The monoisotopic (exact) mass is 485 g/mol. The number of aryl methyl sites for hydroxylation is 1. The minimum Gasteiger partial charge on any atom is -0.486 e. The number of pyridine rings is 1. The van der Waals surface area contributed by atoms with E-state index in [1.807, 2.05) is 23.7 Å². The lowest BCUT2D eigenvalue weighted by molar-refractivity contribution is 0.0600. The van der Waals surface area contributed by atoms with Gasteiger partial charge in [-0.1, -0.05) is 6.07 Å². The Bertz CT molecular complexity index is 1280. The molecule has 0 amide bonds. The van der Waals surface area contributed by atoms with Gasteiger partial charge in [0.1, 0.15) is 29.7 Å². The predicted molar refractivity (Wildman–Crippen MR) is 115 cm³/mol. The van der Waals surface area contributed by atoms with E-state index in [2.05, 4.69) is 25.9 Å². The Morgan fingerprint density at radius 2 is 2.00 bits per heavy atom. The maximum absolute atomic E-state index is 13.2. The highest BCUT2D eigenvalue weighted by molar-refractivity contribution is 9.10. The smallest absolute Gasteiger partial charge is 0.337 e. The van der Waals surface area contributed by atoms with Gasteiger partial charge in [-0.05, 0) is 52.3 Å². The molecule has 7 nitrogen and oxygen atoms in total. The van der Waals surface area contributed by atoms with Crippen molar-refractivity contribution in [2.45, 2.75) is 6.61 Å². The number of benzene rings is 2. The van der Waals surface area contributed by atoms with Crippen molar-refractivity contribution in [1.29, 1.82) is 0 Å². The number of hydrogen-bond donors (Lipinski definition) is 0. The van der Waals surface area contributed by atoms with Crippen LogP contribution in [0.3, 0.4) is 0 Å². The van der Waals surface area contributed by atoms with Crippen molar-refractivity contribution < 1.29 is 23.4 Å². The van der Waals surface area contributed by atoms with Crippen LogP contribution in [-0.4, -0.2) is 27.6 Å². The molecule has 0 atom stereocenters. The normalized spacial score (nSPS) is 10.8. The van der Waals surface area contributed by atoms with Crippen molar-refractivity contribution in [3.05, 3.63) is 76.4 Å². The van der Waals surface area contributed by atoms with E-state index in [1.165, 1.54) is 13.2 Å². The second kappa shape index (κ2) is 8.73. The summed E-state index contributed by atoms with van der Waals surface area (Å²) in [5.41, 5.74) is 2.01. The van der Waals surface area contributed by atoms with E-state index in [0.717, 1.165) is 17.2 Å². The van der Waals surface area contributed by atoms with Gasteiger partial charge in [0.05, 0.1) is 34.4 Å². The minimum absolute atomic E-state index is 0.205. The van der Waals surface area contributed by atoms with Gasteiger partial charge >= 0.3 is 5.97 Å². The largest absolute Gasteiger partial charge is 0.486 e. The third kappa shape index (κ3) is 4.51. The number of imidazole rings is 1. The molecule has 0 fully saturated rings. The Morgan fingerprint density at radius 1 is 1.16 bits per heavy atom. The standard InChI is InChI=1S/C22H17BrFN3O4/c1-27-19-10-16(31-21-17(23)9-14(24)11-25-21)6-7-18(19)26-20(27)12-30-15-5-3-4-13(8-15)22(28)29-2/h3-11H,12H2,1-2H3. The lowest BCUT2D eigenvalue weighted by Gasteiger charge is -2.08. The second-order valence-electron chi connectivity index (χ2n) is 6.59. The van der Waals surface area contributed by atoms with E-state index >= 15 is 0 Å². The molecule has 0 spiro atoms. The number of hydrogen-bond acceptors (Lipinski definition) is 6. The number of carbonyl (C=O) groups excluding carboxylic acids is 1. The highest BCUT2D eigenvalue weighted by Crippen LogP contribution is 2.30. The van der Waals surface area contributed by atoms with Gasteiger partial charge in [0, 0.05) is 13.1 Å². The number of rotatable bonds is 6. The Kier molecular flexibility index (Phi) is 5.85. The number of esters is 1. The van der Waals surface area contributed by atoms with Crippen molar-refractivity contribution in [2.75, 3.05) is 7.11 Å². The van der Waals surface area contributed by atoms with Crippen LogP contribution in [0, 0.1) is 5.82 Å². The summed E-state index contributed by atoms with van der Waals surface area (Å²) < 4.78 is 31.9. The SMILES string of the molecule is COC(=O)c1cccc(OCc2nc3ccc(Oc4ncc(F)cc4Br)cc3n2C)c1. The van der Waals surface area contributed by atoms with Crippen LogP contribution in [0.5, 0.6) is 17.4 Å². The van der Waals surface area contributed by atoms with Gasteiger partial charge in [-0.3, -0.25) is 0 Å². The summed E-state index contributed by atoms with van der Waals surface area (Å²) in [4.78, 5) is 20.2. The van der Waals surface area contributed by atoms with Crippen LogP contribution in [0.1, 0.15) is 16.2 Å². The van der Waals surface area contributed by atoms with E-state index in [9.17, 15) is 9.18 Å². The summed E-state index contributed by atoms with van der Waals surface area (Å²) in [6, 6.07) is 13.4. The van der Waals surface area contributed by atoms with E-state index in [-0.39, 0.29) is 12.5 Å². The molecule has 2 heterocycles. The van der Waals surface area contributed by atoms with Crippen LogP contribution in [0.15, 0.2) is 59.2 Å². The van der Waals surface area contributed by atoms with Crippen LogP contribution in [-0.2, 0) is 18.4 Å². The second-order valence-corrected chi connectivity index (χ2v) is 7.44. The molecule has 9 heteroatoms. The van der Waals surface area contributed by atoms with Crippen molar-refractivity contribution in [1.82, 2.24) is 14.5 Å². The Morgan fingerprint density at radius 3 is 2.77 bits per heavy atom. The molecule has 0 radical (unpaired) electrons. The van der Waals surface area contributed by atoms with Gasteiger partial charge in [-0.15, -0.1) is 0 Å². The minimum atomic E-state index is -0.455. The molecule has 0 saturated heterocycles. The highest BCUT2D eigenvalue weighted by atomic mass is 79.9. The van der Waals surface area contributed by atoms with Crippen molar-refractivity contribution in [3.63, 3.8) is 0 Å². The quantitative estimate of drug-likeness (QED) is 0.356. The average molecular weight is 486 g/mol. The maximum atomic E-state index is 13.2. The molecule has 2 aromatic heterocycles. The lowest BCUT2D eigenvalue weighted by Crippen LogP contribution is -2.05. The fourth-order valence-corrected chi connectivity index (χ4v) is 3.38. The van der Waals surface area contributed by atoms with Gasteiger partial charge < -0.3 is 18.8 Å². The van der Waals surface area contributed by atoms with Gasteiger partial charge in [-0.25, -0.2) is 19.2 Å². The molecule has 31 heavy (non-hydrogen) atoms. The molecule has 0 bridgehead atoms. The molecule has 2 aromatic carbocycles. The molecule has 0 aliphatic rings. The maximum Gasteiger partial charge on any atom is 0.337 e. The Balaban J connectivity index is 1.53. The molecular formula is C22H17BrFN3O4. The summed E-state index contributed by atoms with van der Waals surface area (Å²) in [5.74, 6) is 1.14. The average Bonchev–Trinajstić information content (AvgIpc) is 3.09. The van der Waals surface area contributed by atoms with Crippen LogP contribution >= 0.6 is 15.9 Å². The molecule has 0 aliphatic carbocycles. The molecular weight excluding hydrogens is 469 g/mol. The summed E-state index contributed by atoms with van der Waals surface area (Å²) in [5, 5.41) is 0. The highest BCUT2D eigenvalue weighted by Gasteiger charge is 2.12. The summed E-state index contributed by atoms with van der Waals surface area (Å²) in [6.07, 6.45) is 1.09. The zero-order valence-electron chi connectivity index (χ0n) is 16.6. The first kappa shape index (κ1) is 20.8. The van der Waals surface area contributed by atoms with Crippen molar-refractivity contribution in [2.24, 2.45) is 7.05 Å². The van der Waals surface area contributed by atoms with Gasteiger partial charge in [0.25, 0.3) is 0 Å². The van der Waals surface area contributed by atoms with Crippen LogP contribution in [0.4, 0.5) is 4.39 Å². The summed E-state index contributed by atoms with van der Waals surface area (Å²) >= 11 is 3.24. The van der Waals surface area contributed by atoms with E-state index in [4.69, 9.17) is 14.2 Å². The fourth-order valence-electron chi connectivity index (χ4n) is 2.98.